The van der Waals surface area contributed by atoms with Crippen LogP contribution in [0.3, 0.4) is 0 Å². The summed E-state index contributed by atoms with van der Waals surface area (Å²) in [5.41, 5.74) is 1.16. The van der Waals surface area contributed by atoms with E-state index in [4.69, 9.17) is 0 Å². The third-order valence-corrected chi connectivity index (χ3v) is 4.49. The van der Waals surface area contributed by atoms with Crippen LogP contribution in [0.15, 0.2) is 23.6 Å². The summed E-state index contributed by atoms with van der Waals surface area (Å²) in [4.78, 5) is 27.4. The minimum atomic E-state index is -0.482. The number of nitrogens with one attached hydrogen (secondary N) is 3. The van der Waals surface area contributed by atoms with Gasteiger partial charge in [0.1, 0.15) is 5.82 Å². The number of nitrogens with zero attached hydrogens (tertiary/aromatic N) is 1. The predicted octanol–water partition coefficient (Wildman–Crippen LogP) is 2.88. The van der Waals surface area contributed by atoms with Crippen LogP contribution in [0.1, 0.15) is 13.3 Å². The highest BCUT2D eigenvalue weighted by Crippen LogP contribution is 2.29. The van der Waals surface area contributed by atoms with E-state index in [2.05, 4.69) is 20.9 Å². The number of thiazole rings is 1. The minimum absolute atomic E-state index is 0. The van der Waals surface area contributed by atoms with Crippen molar-refractivity contribution in [1.82, 2.24) is 10.3 Å². The van der Waals surface area contributed by atoms with E-state index < -0.39 is 5.82 Å². The third kappa shape index (κ3) is 4.75. The van der Waals surface area contributed by atoms with E-state index in [0.717, 1.165) is 13.0 Å². The maximum atomic E-state index is 14.2. The molecule has 0 radical (unpaired) electrons. The Kier molecular flexibility index (Phi) is 6.46. The van der Waals surface area contributed by atoms with Gasteiger partial charge in [-0.05, 0) is 31.2 Å². The monoisotopic (exact) mass is 384 g/mol. The highest BCUT2D eigenvalue weighted by Gasteiger charge is 2.23. The van der Waals surface area contributed by atoms with E-state index in [1.807, 2.05) is 0 Å². The summed E-state index contributed by atoms with van der Waals surface area (Å²) in [6.07, 6.45) is 0.809. The van der Waals surface area contributed by atoms with Gasteiger partial charge in [-0.2, -0.15) is 0 Å². The second-order valence-electron chi connectivity index (χ2n) is 5.59. The number of anilines is 2. The number of carbonyl (C=O) groups is 2. The molecule has 0 saturated carbocycles. The molecule has 1 aromatic heterocycles. The number of benzene rings is 1. The average molecular weight is 385 g/mol. The molecule has 0 spiro atoms. The van der Waals surface area contributed by atoms with Crippen LogP contribution < -0.4 is 16.0 Å². The van der Waals surface area contributed by atoms with E-state index in [9.17, 15) is 14.0 Å². The predicted molar refractivity (Wildman–Crippen MR) is 98.7 cm³/mol. The Balaban J connectivity index is 0.00000225. The highest BCUT2D eigenvalue weighted by atomic mass is 35.5. The lowest BCUT2D eigenvalue weighted by Crippen LogP contribution is -2.24. The van der Waals surface area contributed by atoms with Crippen molar-refractivity contribution in [2.24, 2.45) is 5.92 Å². The molecule has 2 amide bonds. The van der Waals surface area contributed by atoms with Gasteiger partial charge in [-0.25, -0.2) is 9.37 Å². The molecule has 2 heterocycles. The Labute approximate surface area is 154 Å². The first-order chi connectivity index (χ1) is 11.5. The number of carbonyl (C=O) groups excluding carboxylic acids is 2. The van der Waals surface area contributed by atoms with Crippen molar-refractivity contribution in [2.45, 2.75) is 13.3 Å². The lowest BCUT2D eigenvalue weighted by Gasteiger charge is -2.07. The Hall–Kier alpha value is -2.03. The summed E-state index contributed by atoms with van der Waals surface area (Å²) >= 11 is 1.26. The Bertz CT molecular complexity index is 777. The van der Waals surface area contributed by atoms with Crippen LogP contribution >= 0.6 is 23.7 Å². The molecule has 3 rings (SSSR count). The maximum Gasteiger partial charge on any atom is 0.230 e. The fourth-order valence-electron chi connectivity index (χ4n) is 2.54. The molecule has 134 valence electrons. The molecule has 1 saturated heterocycles. The van der Waals surface area contributed by atoms with Crippen LogP contribution in [0, 0.1) is 11.7 Å². The van der Waals surface area contributed by atoms with Crippen molar-refractivity contribution >= 4 is 46.4 Å². The Morgan fingerprint density at radius 2 is 2.16 bits per heavy atom. The van der Waals surface area contributed by atoms with E-state index >= 15 is 0 Å². The van der Waals surface area contributed by atoms with Crippen LogP contribution in [-0.2, 0) is 9.59 Å². The van der Waals surface area contributed by atoms with Crippen molar-refractivity contribution in [3.63, 3.8) is 0 Å². The number of hydrogen-bond donors (Lipinski definition) is 3. The summed E-state index contributed by atoms with van der Waals surface area (Å²) in [7, 11) is 0. The maximum absolute atomic E-state index is 14.2. The molecule has 25 heavy (non-hydrogen) atoms. The van der Waals surface area contributed by atoms with E-state index in [1.165, 1.54) is 24.3 Å². The van der Waals surface area contributed by atoms with Crippen LogP contribution in [0.4, 0.5) is 15.2 Å². The first-order valence-corrected chi connectivity index (χ1v) is 8.45. The zero-order chi connectivity index (χ0) is 17.1. The molecule has 1 unspecified atom stereocenters. The quantitative estimate of drug-likeness (QED) is 0.756. The van der Waals surface area contributed by atoms with Crippen molar-refractivity contribution in [2.75, 3.05) is 23.7 Å². The second-order valence-corrected chi connectivity index (χ2v) is 6.45. The second kappa shape index (κ2) is 8.37. The first kappa shape index (κ1) is 19.3. The van der Waals surface area contributed by atoms with Crippen molar-refractivity contribution < 1.29 is 14.0 Å². The van der Waals surface area contributed by atoms with Gasteiger partial charge in [0.15, 0.2) is 5.13 Å². The highest BCUT2D eigenvalue weighted by molar-refractivity contribution is 7.14. The fraction of sp³-hybridized carbons (Fsp3) is 0.312. The van der Waals surface area contributed by atoms with Crippen LogP contribution in [0.2, 0.25) is 0 Å². The summed E-state index contributed by atoms with van der Waals surface area (Å²) < 4.78 is 14.2. The number of aromatic nitrogens is 1. The topological polar surface area (TPSA) is 83.1 Å². The molecule has 0 bridgehead atoms. The molecule has 2 aromatic rings. The number of hydrogen-bond acceptors (Lipinski definition) is 5. The van der Waals surface area contributed by atoms with Gasteiger partial charge in [0.05, 0.1) is 11.6 Å². The van der Waals surface area contributed by atoms with E-state index in [-0.39, 0.29) is 30.1 Å². The van der Waals surface area contributed by atoms with Gasteiger partial charge in [0.25, 0.3) is 0 Å². The smallest absolute Gasteiger partial charge is 0.230 e. The fourth-order valence-corrected chi connectivity index (χ4v) is 3.26. The zero-order valence-electron chi connectivity index (χ0n) is 13.5. The number of amides is 2. The summed E-state index contributed by atoms with van der Waals surface area (Å²) in [5, 5.41) is 10.6. The van der Waals surface area contributed by atoms with Gasteiger partial charge in [-0.1, -0.05) is 0 Å². The molecule has 1 aromatic carbocycles. The molecule has 1 atom stereocenters. The van der Waals surface area contributed by atoms with Gasteiger partial charge >= 0.3 is 0 Å². The standard InChI is InChI=1S/C16H17FN4O2S.ClH/c1-9(22)19-11-2-3-12(13(17)6-11)14-8-24-16(20-14)21-15(23)10-4-5-18-7-10;/h2-3,6,8,10,18H,4-5,7H2,1H3,(H,19,22)(H,20,21,23);1H. The van der Waals surface area contributed by atoms with Crippen LogP contribution in [0.25, 0.3) is 11.3 Å². The Morgan fingerprint density at radius 3 is 2.80 bits per heavy atom. The van der Waals surface area contributed by atoms with Crippen molar-refractivity contribution in [3.8, 4) is 11.3 Å². The summed E-state index contributed by atoms with van der Waals surface area (Å²) in [5.74, 6) is -0.861. The van der Waals surface area contributed by atoms with Crippen LogP contribution in [-0.4, -0.2) is 29.9 Å². The third-order valence-electron chi connectivity index (χ3n) is 3.73. The number of rotatable bonds is 4. The zero-order valence-corrected chi connectivity index (χ0v) is 15.1. The van der Waals surface area contributed by atoms with Gasteiger partial charge in [0.2, 0.25) is 11.8 Å². The normalized spacial score (nSPS) is 16.2. The lowest BCUT2D eigenvalue weighted by molar-refractivity contribution is -0.119. The first-order valence-electron chi connectivity index (χ1n) is 7.57. The summed E-state index contributed by atoms with van der Waals surface area (Å²) in [6, 6.07) is 4.42. The number of halogens is 2. The molecule has 6 nitrogen and oxygen atoms in total. The molecular weight excluding hydrogens is 367 g/mol. The molecule has 0 aliphatic carbocycles. The van der Waals surface area contributed by atoms with Gasteiger partial charge in [-0.3, -0.25) is 9.59 Å². The van der Waals surface area contributed by atoms with Crippen molar-refractivity contribution in [1.29, 1.82) is 0 Å². The average Bonchev–Trinajstić information content (AvgIpc) is 3.18. The molecule has 1 aliphatic heterocycles. The molecule has 9 heteroatoms. The Morgan fingerprint density at radius 1 is 1.36 bits per heavy atom. The largest absolute Gasteiger partial charge is 0.326 e. The van der Waals surface area contributed by atoms with Gasteiger partial charge < -0.3 is 16.0 Å². The van der Waals surface area contributed by atoms with Crippen molar-refractivity contribution in [3.05, 3.63) is 29.4 Å². The molecule has 1 fully saturated rings. The molecule has 3 N–H and O–H groups in total. The van der Waals surface area contributed by atoms with E-state index in [0.29, 0.717) is 28.6 Å². The summed E-state index contributed by atoms with van der Waals surface area (Å²) in [6.45, 7) is 2.87. The lowest BCUT2D eigenvalue weighted by atomic mass is 10.1. The van der Waals surface area contributed by atoms with Crippen LogP contribution in [0.5, 0.6) is 0 Å². The van der Waals surface area contributed by atoms with E-state index in [1.54, 1.807) is 17.5 Å². The minimum Gasteiger partial charge on any atom is -0.326 e. The van der Waals surface area contributed by atoms with Gasteiger partial charge in [-0.15, -0.1) is 23.7 Å². The molecular formula is C16H18ClFN4O2S. The molecule has 1 aliphatic rings. The SMILES string of the molecule is CC(=O)Nc1ccc(-c2csc(NC(=O)C3CCNC3)n2)c(F)c1.Cl. The van der Waals surface area contributed by atoms with Gasteiger partial charge in [0, 0.05) is 30.1 Å².